The summed E-state index contributed by atoms with van der Waals surface area (Å²) in [4.78, 5) is 10.8. The van der Waals surface area contributed by atoms with Gasteiger partial charge in [0.25, 0.3) is 5.69 Å². The van der Waals surface area contributed by atoms with Crippen LogP contribution in [0.3, 0.4) is 0 Å². The Labute approximate surface area is 239 Å². The Morgan fingerprint density at radius 1 is 0.683 bits per heavy atom. The van der Waals surface area contributed by atoms with Gasteiger partial charge in [0.15, 0.2) is 5.52 Å². The van der Waals surface area contributed by atoms with Gasteiger partial charge in [-0.3, -0.25) is 10.1 Å². The van der Waals surface area contributed by atoms with Crippen LogP contribution in [-0.4, -0.2) is 18.2 Å². The van der Waals surface area contributed by atoms with Crippen LogP contribution < -0.4 is 0 Å². The van der Waals surface area contributed by atoms with Crippen LogP contribution in [-0.2, 0) is 0 Å². The molecule has 41 heavy (non-hydrogen) atoms. The molecular formula is C34H20N4O2S. The first-order chi connectivity index (χ1) is 20.2. The van der Waals surface area contributed by atoms with E-state index in [0.717, 1.165) is 34.1 Å². The summed E-state index contributed by atoms with van der Waals surface area (Å²) in [7, 11) is 0. The van der Waals surface area contributed by atoms with Crippen molar-refractivity contribution >= 4 is 62.4 Å². The number of hydrogen-bond donors (Lipinski definition) is 0. The highest BCUT2D eigenvalue weighted by Gasteiger charge is 2.17. The van der Waals surface area contributed by atoms with Gasteiger partial charge in [0.05, 0.1) is 33.2 Å². The number of aromatic nitrogens is 3. The van der Waals surface area contributed by atoms with Crippen LogP contribution in [0.25, 0.3) is 50.7 Å². The zero-order valence-electron chi connectivity index (χ0n) is 21.6. The molecule has 0 bridgehead atoms. The fourth-order valence-electron chi connectivity index (χ4n) is 5.05. The Kier molecular flexibility index (Phi) is 6.08. The summed E-state index contributed by atoms with van der Waals surface area (Å²) < 4.78 is 10.6. The van der Waals surface area contributed by atoms with Gasteiger partial charge in [-0.05, 0) is 53.6 Å². The normalized spacial score (nSPS) is 11.3. The molecule has 2 aromatic heterocycles. The highest BCUT2D eigenvalue weighted by atomic mass is 32.1. The molecule has 0 unspecified atom stereocenters. The molecule has 5 aromatic carbocycles. The third kappa shape index (κ3) is 4.52. The summed E-state index contributed by atoms with van der Waals surface area (Å²) in [6.07, 6.45) is 4.17. The second-order valence-electron chi connectivity index (χ2n) is 9.52. The second-order valence-corrected chi connectivity index (χ2v) is 10.0. The molecule has 7 aromatic rings. The van der Waals surface area contributed by atoms with E-state index in [2.05, 4.69) is 110 Å². The molecule has 7 heteroatoms. The van der Waals surface area contributed by atoms with Crippen molar-refractivity contribution in [2.24, 2.45) is 0 Å². The first kappa shape index (κ1) is 24.5. The quantitative estimate of drug-likeness (QED) is 0.0960. The van der Waals surface area contributed by atoms with Crippen LogP contribution in [0.15, 0.2) is 109 Å². The van der Waals surface area contributed by atoms with E-state index in [4.69, 9.17) is 0 Å². The number of benzene rings is 5. The van der Waals surface area contributed by atoms with Gasteiger partial charge in [-0.2, -0.15) is 8.75 Å². The third-order valence-electron chi connectivity index (χ3n) is 7.04. The minimum atomic E-state index is -0.451. The van der Waals surface area contributed by atoms with E-state index in [1.54, 1.807) is 6.07 Å². The standard InChI is InChI=1S/C34H20N4O2S/c39-38(40)32-22-19-26(33-34(32)36-41-35-33)18-15-24-12-9-23(10-13-24)11-14-25-16-20-27(21-17-25)37-30-7-3-1-5-28(30)29-6-2-4-8-31(29)37/h1-14,16-17,19-22H/b14-11+. The van der Waals surface area contributed by atoms with Gasteiger partial charge < -0.3 is 4.57 Å². The van der Waals surface area contributed by atoms with E-state index in [1.807, 2.05) is 24.3 Å². The number of hydrogen-bond acceptors (Lipinski definition) is 5. The zero-order chi connectivity index (χ0) is 27.8. The summed E-state index contributed by atoms with van der Waals surface area (Å²) in [5.41, 5.74) is 7.82. The van der Waals surface area contributed by atoms with Crippen LogP contribution in [0, 0.1) is 22.0 Å². The Hall–Kier alpha value is -5.58. The molecule has 6 nitrogen and oxygen atoms in total. The van der Waals surface area contributed by atoms with Gasteiger partial charge in [0.2, 0.25) is 0 Å². The molecule has 0 aliphatic heterocycles. The molecule has 0 amide bonds. The van der Waals surface area contributed by atoms with Gasteiger partial charge in [0.1, 0.15) is 5.52 Å². The number of para-hydroxylation sites is 2. The maximum atomic E-state index is 11.2. The lowest BCUT2D eigenvalue weighted by molar-refractivity contribution is -0.383. The van der Waals surface area contributed by atoms with Crippen LogP contribution in [0.5, 0.6) is 0 Å². The Morgan fingerprint density at radius 3 is 1.90 bits per heavy atom. The lowest BCUT2D eigenvalue weighted by atomic mass is 10.1. The predicted octanol–water partition coefficient (Wildman–Crippen LogP) is 8.27. The van der Waals surface area contributed by atoms with Crippen molar-refractivity contribution in [3.63, 3.8) is 0 Å². The first-order valence-electron chi connectivity index (χ1n) is 12.9. The number of nitro groups is 1. The van der Waals surface area contributed by atoms with Gasteiger partial charge in [-0.15, -0.1) is 0 Å². The third-order valence-corrected chi connectivity index (χ3v) is 7.57. The molecule has 0 fully saturated rings. The number of fused-ring (bicyclic) bond motifs is 4. The van der Waals surface area contributed by atoms with Crippen LogP contribution in [0.2, 0.25) is 0 Å². The predicted molar refractivity (Wildman–Crippen MR) is 166 cm³/mol. The number of non-ortho nitro benzene ring substituents is 1. The van der Waals surface area contributed by atoms with Crippen molar-refractivity contribution in [1.82, 2.24) is 13.3 Å². The molecule has 0 spiro atoms. The fraction of sp³-hybridized carbons (Fsp3) is 0. The molecule has 0 atom stereocenters. The van der Waals surface area contributed by atoms with Crippen molar-refractivity contribution in [1.29, 1.82) is 0 Å². The highest BCUT2D eigenvalue weighted by Crippen LogP contribution is 2.32. The van der Waals surface area contributed by atoms with E-state index in [1.165, 1.54) is 27.9 Å². The average Bonchev–Trinajstić information content (AvgIpc) is 3.63. The van der Waals surface area contributed by atoms with E-state index >= 15 is 0 Å². The molecule has 0 aliphatic rings. The van der Waals surface area contributed by atoms with Crippen LogP contribution in [0.1, 0.15) is 22.3 Å². The largest absolute Gasteiger partial charge is 0.309 e. The van der Waals surface area contributed by atoms with Crippen LogP contribution in [0.4, 0.5) is 5.69 Å². The Balaban J connectivity index is 1.10. The van der Waals surface area contributed by atoms with Crippen molar-refractivity contribution in [3.8, 4) is 17.5 Å². The molecule has 194 valence electrons. The minimum Gasteiger partial charge on any atom is -0.309 e. The smallest absolute Gasteiger partial charge is 0.298 e. The van der Waals surface area contributed by atoms with E-state index in [-0.39, 0.29) is 11.2 Å². The zero-order valence-corrected chi connectivity index (χ0v) is 22.4. The monoisotopic (exact) mass is 548 g/mol. The topological polar surface area (TPSA) is 73.8 Å². The van der Waals surface area contributed by atoms with E-state index in [0.29, 0.717) is 11.1 Å². The molecule has 0 N–H and O–H groups in total. The maximum Gasteiger partial charge on any atom is 0.298 e. The minimum absolute atomic E-state index is 0.0585. The van der Waals surface area contributed by atoms with Gasteiger partial charge in [0, 0.05) is 28.1 Å². The van der Waals surface area contributed by atoms with E-state index in [9.17, 15) is 10.1 Å². The molecule has 0 saturated heterocycles. The van der Waals surface area contributed by atoms with Crippen molar-refractivity contribution in [2.45, 2.75) is 0 Å². The van der Waals surface area contributed by atoms with Crippen molar-refractivity contribution < 1.29 is 4.92 Å². The lowest BCUT2D eigenvalue weighted by Crippen LogP contribution is -1.93. The molecule has 0 aliphatic carbocycles. The summed E-state index contributed by atoms with van der Waals surface area (Å²) >= 11 is 0.945. The first-order valence-corrected chi connectivity index (χ1v) is 13.7. The van der Waals surface area contributed by atoms with Gasteiger partial charge in [-0.25, -0.2) is 0 Å². The van der Waals surface area contributed by atoms with Gasteiger partial charge in [-0.1, -0.05) is 84.7 Å². The lowest BCUT2D eigenvalue weighted by Gasteiger charge is -2.08. The number of nitro benzene ring substituents is 1. The summed E-state index contributed by atoms with van der Waals surface area (Å²) in [6.45, 7) is 0. The summed E-state index contributed by atoms with van der Waals surface area (Å²) in [5.74, 6) is 6.21. The van der Waals surface area contributed by atoms with Gasteiger partial charge >= 0.3 is 0 Å². The molecular weight excluding hydrogens is 528 g/mol. The highest BCUT2D eigenvalue weighted by molar-refractivity contribution is 7.00. The maximum absolute atomic E-state index is 11.2. The SMILES string of the molecule is O=[N+]([O-])c1ccc(C#Cc2ccc(/C=C/c3ccc(-n4c5ccccc5c5ccccc54)cc3)cc2)c2nsnc12. The second kappa shape index (κ2) is 10.2. The van der Waals surface area contributed by atoms with Crippen molar-refractivity contribution in [3.05, 3.63) is 142 Å². The molecule has 2 heterocycles. The molecule has 7 rings (SSSR count). The fourth-order valence-corrected chi connectivity index (χ4v) is 5.62. The molecule has 0 radical (unpaired) electrons. The summed E-state index contributed by atoms with van der Waals surface area (Å²) in [5, 5.41) is 13.7. The van der Waals surface area contributed by atoms with Crippen molar-refractivity contribution in [2.75, 3.05) is 0 Å². The summed E-state index contributed by atoms with van der Waals surface area (Å²) in [6, 6.07) is 36.6. The molecule has 0 saturated carbocycles. The van der Waals surface area contributed by atoms with E-state index < -0.39 is 4.92 Å². The van der Waals surface area contributed by atoms with Crippen LogP contribution >= 0.6 is 11.7 Å². The number of nitrogens with zero attached hydrogens (tertiary/aromatic N) is 4. The Morgan fingerprint density at radius 2 is 1.27 bits per heavy atom. The Bertz CT molecular complexity index is 2130. The average molecular weight is 549 g/mol. The number of rotatable bonds is 4.